The minimum Gasteiger partial charge on any atom is -0.374 e. The molecule has 14 heavy (non-hydrogen) atoms. The van der Waals surface area contributed by atoms with Crippen molar-refractivity contribution in [3.63, 3.8) is 0 Å². The number of nitrogens with two attached hydrogens (primary N) is 1. The molecule has 0 saturated heterocycles. The van der Waals surface area contributed by atoms with E-state index in [-0.39, 0.29) is 11.9 Å². The Morgan fingerprint density at radius 2 is 2.00 bits per heavy atom. The molecule has 0 aliphatic carbocycles. The van der Waals surface area contributed by atoms with Crippen LogP contribution in [0, 0.1) is 0 Å². The van der Waals surface area contributed by atoms with Crippen molar-refractivity contribution in [3.05, 3.63) is 11.6 Å². The Morgan fingerprint density at radius 1 is 1.29 bits per heavy atom. The van der Waals surface area contributed by atoms with Gasteiger partial charge in [-0.05, 0) is 6.92 Å². The molecule has 0 atom stereocenters. The summed E-state index contributed by atoms with van der Waals surface area (Å²) in [4.78, 5) is 12.3. The fraction of sp³-hybridized carbons (Fsp3) is 0.667. The Bertz CT molecular complexity index is 301. The minimum atomic E-state index is 0.251. The first-order valence-corrected chi connectivity index (χ1v) is 4.71. The predicted octanol–water partition coefficient (Wildman–Crippen LogP) is 1.11. The Morgan fingerprint density at radius 3 is 2.57 bits per heavy atom. The number of anilines is 1. The second kappa shape index (κ2) is 4.85. The lowest BCUT2D eigenvalue weighted by Gasteiger charge is -2.06. The van der Waals surface area contributed by atoms with Crippen LogP contribution in [0.15, 0.2) is 0 Å². The van der Waals surface area contributed by atoms with E-state index in [1.165, 1.54) is 0 Å². The molecule has 0 fully saturated rings. The molecule has 0 aromatic carbocycles. The molecule has 0 unspecified atom stereocenters. The van der Waals surface area contributed by atoms with E-state index in [0.29, 0.717) is 24.9 Å². The van der Waals surface area contributed by atoms with E-state index in [4.69, 9.17) is 10.5 Å². The van der Waals surface area contributed by atoms with Crippen molar-refractivity contribution < 1.29 is 4.74 Å². The van der Waals surface area contributed by atoms with E-state index < -0.39 is 0 Å². The van der Waals surface area contributed by atoms with Crippen molar-refractivity contribution in [3.8, 4) is 0 Å². The summed E-state index contributed by atoms with van der Waals surface area (Å²) in [5.74, 6) is 1.83. The van der Waals surface area contributed by atoms with Crippen molar-refractivity contribution >= 4 is 5.95 Å². The van der Waals surface area contributed by atoms with Crippen LogP contribution in [0.4, 0.5) is 5.95 Å². The zero-order valence-electron chi connectivity index (χ0n) is 8.82. The average Bonchev–Trinajstić information content (AvgIpc) is 2.14. The van der Waals surface area contributed by atoms with Gasteiger partial charge in [0.15, 0.2) is 5.82 Å². The molecule has 0 bridgehead atoms. The maximum Gasteiger partial charge on any atom is 0.223 e. The van der Waals surface area contributed by atoms with Crippen LogP contribution in [-0.4, -0.2) is 21.6 Å². The van der Waals surface area contributed by atoms with Gasteiger partial charge in [0.1, 0.15) is 12.4 Å². The van der Waals surface area contributed by atoms with Gasteiger partial charge < -0.3 is 10.5 Å². The monoisotopic (exact) mass is 196 g/mol. The topological polar surface area (TPSA) is 73.9 Å². The summed E-state index contributed by atoms with van der Waals surface area (Å²) >= 11 is 0. The zero-order chi connectivity index (χ0) is 10.6. The van der Waals surface area contributed by atoms with Gasteiger partial charge in [0, 0.05) is 12.5 Å². The second-order valence-electron chi connectivity index (χ2n) is 3.26. The number of ether oxygens (including phenoxy) is 1. The van der Waals surface area contributed by atoms with Crippen LogP contribution < -0.4 is 5.73 Å². The van der Waals surface area contributed by atoms with Gasteiger partial charge in [0.25, 0.3) is 0 Å². The van der Waals surface area contributed by atoms with Crippen LogP contribution in [0.5, 0.6) is 0 Å². The third kappa shape index (κ3) is 2.92. The first-order chi connectivity index (χ1) is 6.63. The first kappa shape index (κ1) is 10.8. The minimum absolute atomic E-state index is 0.251. The summed E-state index contributed by atoms with van der Waals surface area (Å²) in [7, 11) is 0. The number of nitrogens with zero attached hydrogens (tertiary/aromatic N) is 3. The Labute approximate surface area is 83.7 Å². The Hall–Kier alpha value is -1.23. The maximum absolute atomic E-state index is 5.55. The maximum atomic E-state index is 5.55. The van der Waals surface area contributed by atoms with Crippen LogP contribution in [0.25, 0.3) is 0 Å². The number of nitrogen functional groups attached to an aromatic ring is 1. The summed E-state index contributed by atoms with van der Waals surface area (Å²) in [5, 5.41) is 0. The van der Waals surface area contributed by atoms with Gasteiger partial charge in [0.05, 0.1) is 0 Å². The lowest BCUT2D eigenvalue weighted by Crippen LogP contribution is -2.09. The molecule has 0 radical (unpaired) electrons. The van der Waals surface area contributed by atoms with E-state index in [2.05, 4.69) is 15.0 Å². The molecule has 0 amide bonds. The first-order valence-electron chi connectivity index (χ1n) is 4.71. The summed E-state index contributed by atoms with van der Waals surface area (Å²) in [6, 6.07) is 0. The molecule has 0 aliphatic heterocycles. The Kier molecular flexibility index (Phi) is 3.76. The van der Waals surface area contributed by atoms with Crippen LogP contribution in [0.1, 0.15) is 38.3 Å². The number of hydrogen-bond donors (Lipinski definition) is 1. The summed E-state index contributed by atoms with van der Waals surface area (Å²) in [6.07, 6.45) is 0. The molecule has 1 rings (SSSR count). The molecule has 5 nitrogen and oxygen atoms in total. The molecular formula is C9H16N4O. The number of aromatic nitrogens is 3. The van der Waals surface area contributed by atoms with Gasteiger partial charge in [-0.2, -0.15) is 9.97 Å². The molecule has 0 spiro atoms. The van der Waals surface area contributed by atoms with Gasteiger partial charge in [-0.15, -0.1) is 0 Å². The normalized spacial score (nSPS) is 10.9. The summed E-state index contributed by atoms with van der Waals surface area (Å²) in [5.41, 5.74) is 5.55. The third-order valence-corrected chi connectivity index (χ3v) is 1.67. The molecule has 5 heteroatoms. The highest BCUT2D eigenvalue weighted by molar-refractivity contribution is 5.16. The van der Waals surface area contributed by atoms with Crippen molar-refractivity contribution in [2.24, 2.45) is 0 Å². The lowest BCUT2D eigenvalue weighted by molar-refractivity contribution is 0.128. The van der Waals surface area contributed by atoms with Gasteiger partial charge in [0.2, 0.25) is 5.95 Å². The highest BCUT2D eigenvalue weighted by Gasteiger charge is 2.07. The quantitative estimate of drug-likeness (QED) is 0.780. The van der Waals surface area contributed by atoms with Crippen LogP contribution in [0.2, 0.25) is 0 Å². The van der Waals surface area contributed by atoms with Crippen molar-refractivity contribution in [2.45, 2.75) is 33.3 Å². The predicted molar refractivity (Wildman–Crippen MR) is 53.7 cm³/mol. The Balaban J connectivity index is 2.84. The molecule has 2 N–H and O–H groups in total. The van der Waals surface area contributed by atoms with Crippen molar-refractivity contribution in [1.29, 1.82) is 0 Å². The smallest absolute Gasteiger partial charge is 0.223 e. The largest absolute Gasteiger partial charge is 0.374 e. The summed E-state index contributed by atoms with van der Waals surface area (Å²) in [6.45, 7) is 6.98. The highest BCUT2D eigenvalue weighted by Crippen LogP contribution is 2.09. The third-order valence-electron chi connectivity index (χ3n) is 1.67. The fourth-order valence-corrected chi connectivity index (χ4v) is 0.973. The SMILES string of the molecule is CCOCc1nc(N)nc(C(C)C)n1. The standard InChI is InChI=1S/C9H16N4O/c1-4-14-5-7-11-8(6(2)3)13-9(10)12-7/h6H,4-5H2,1-3H3,(H2,10,11,12,13). The molecule has 1 heterocycles. The molecular weight excluding hydrogens is 180 g/mol. The van der Waals surface area contributed by atoms with E-state index in [1.54, 1.807) is 0 Å². The molecule has 1 aromatic heterocycles. The molecule has 78 valence electrons. The van der Waals surface area contributed by atoms with Gasteiger partial charge in [-0.1, -0.05) is 13.8 Å². The molecule has 0 aliphatic rings. The second-order valence-corrected chi connectivity index (χ2v) is 3.26. The fourth-order valence-electron chi connectivity index (χ4n) is 0.973. The van der Waals surface area contributed by atoms with Gasteiger partial charge in [-0.25, -0.2) is 4.98 Å². The van der Waals surface area contributed by atoms with Crippen LogP contribution in [-0.2, 0) is 11.3 Å². The van der Waals surface area contributed by atoms with Crippen LogP contribution in [0.3, 0.4) is 0 Å². The van der Waals surface area contributed by atoms with E-state index in [1.807, 2.05) is 20.8 Å². The molecule has 1 aromatic rings. The highest BCUT2D eigenvalue weighted by atomic mass is 16.5. The van der Waals surface area contributed by atoms with E-state index in [0.717, 1.165) is 0 Å². The summed E-state index contributed by atoms with van der Waals surface area (Å²) < 4.78 is 5.20. The lowest BCUT2D eigenvalue weighted by atomic mass is 10.2. The van der Waals surface area contributed by atoms with Gasteiger partial charge >= 0.3 is 0 Å². The van der Waals surface area contributed by atoms with E-state index in [9.17, 15) is 0 Å². The molecule has 0 saturated carbocycles. The van der Waals surface area contributed by atoms with E-state index >= 15 is 0 Å². The average molecular weight is 196 g/mol. The van der Waals surface area contributed by atoms with Crippen LogP contribution >= 0.6 is 0 Å². The zero-order valence-corrected chi connectivity index (χ0v) is 8.82. The van der Waals surface area contributed by atoms with Crippen molar-refractivity contribution in [2.75, 3.05) is 12.3 Å². The number of rotatable bonds is 4. The van der Waals surface area contributed by atoms with Crippen molar-refractivity contribution in [1.82, 2.24) is 15.0 Å². The number of hydrogen-bond acceptors (Lipinski definition) is 5. The van der Waals surface area contributed by atoms with Gasteiger partial charge in [-0.3, -0.25) is 0 Å².